The lowest BCUT2D eigenvalue weighted by Gasteiger charge is -2.15. The number of benzene rings is 1. The van der Waals surface area contributed by atoms with Crippen LogP contribution in [0.15, 0.2) is 18.2 Å². The lowest BCUT2D eigenvalue weighted by atomic mass is 9.80. The summed E-state index contributed by atoms with van der Waals surface area (Å²) in [5.74, 6) is 0.330. The van der Waals surface area contributed by atoms with Crippen LogP contribution in [0.25, 0.3) is 16.3 Å². The highest BCUT2D eigenvalue weighted by Crippen LogP contribution is 2.48. The Labute approximate surface area is 176 Å². The van der Waals surface area contributed by atoms with Gasteiger partial charge in [0, 0.05) is 18.4 Å². The highest BCUT2D eigenvalue weighted by atomic mass is 35.5. The first-order valence-electron chi connectivity index (χ1n) is 9.47. The number of halogens is 1. The molecule has 1 amide bonds. The minimum Gasteiger partial charge on any atom is -0.423 e. The van der Waals surface area contributed by atoms with Crippen LogP contribution in [0.1, 0.15) is 42.6 Å². The zero-order chi connectivity index (χ0) is 20.3. The molecule has 0 atom stereocenters. The fourth-order valence-electron chi connectivity index (χ4n) is 3.82. The number of nitrogens with zero attached hydrogens (tertiary/aromatic N) is 3. The summed E-state index contributed by atoms with van der Waals surface area (Å²) in [6.45, 7) is 1.47. The molecular weight excluding hydrogens is 411 g/mol. The Balaban J connectivity index is 1.68. The van der Waals surface area contributed by atoms with Gasteiger partial charge in [-0.3, -0.25) is 4.79 Å². The van der Waals surface area contributed by atoms with E-state index in [2.05, 4.69) is 10.3 Å². The van der Waals surface area contributed by atoms with Gasteiger partial charge in [-0.1, -0.05) is 29.0 Å². The van der Waals surface area contributed by atoms with Crippen LogP contribution in [0.4, 0.5) is 5.13 Å². The number of hydrogen-bond acceptors (Lipinski definition) is 6. The molecule has 0 spiro atoms. The Kier molecular flexibility index (Phi) is 4.51. The van der Waals surface area contributed by atoms with Crippen molar-refractivity contribution in [2.24, 2.45) is 0 Å². The smallest absolute Gasteiger partial charge is 0.423 e. The molecule has 5 rings (SSSR count). The summed E-state index contributed by atoms with van der Waals surface area (Å²) >= 11 is 7.95. The molecule has 29 heavy (non-hydrogen) atoms. The normalized spacial score (nSPS) is 15.0. The topological polar surface area (TPSA) is 100 Å². The molecule has 2 aliphatic carbocycles. The summed E-state index contributed by atoms with van der Waals surface area (Å²) in [5.41, 5.74) is 5.27. The number of rotatable bonds is 4. The van der Waals surface area contributed by atoms with Crippen molar-refractivity contribution < 1.29 is 14.8 Å². The second-order valence-corrected chi connectivity index (χ2v) is 8.87. The maximum absolute atomic E-state index is 11.5. The molecule has 1 saturated carbocycles. The lowest BCUT2D eigenvalue weighted by molar-refractivity contribution is -0.114. The van der Waals surface area contributed by atoms with Gasteiger partial charge in [-0.2, -0.15) is 5.10 Å². The number of aromatic nitrogens is 3. The Morgan fingerprint density at radius 3 is 2.79 bits per heavy atom. The predicted molar refractivity (Wildman–Crippen MR) is 113 cm³/mol. The zero-order valence-corrected chi connectivity index (χ0v) is 17.2. The van der Waals surface area contributed by atoms with Crippen LogP contribution in [0, 0.1) is 0 Å². The first-order chi connectivity index (χ1) is 13.9. The monoisotopic (exact) mass is 428 g/mol. The molecule has 2 aromatic heterocycles. The van der Waals surface area contributed by atoms with Gasteiger partial charge in [-0.25, -0.2) is 9.67 Å². The van der Waals surface area contributed by atoms with E-state index in [1.54, 1.807) is 18.2 Å². The van der Waals surface area contributed by atoms with Gasteiger partial charge in [0.1, 0.15) is 0 Å². The number of aryl methyl sites for hydroxylation is 1. The maximum Gasteiger partial charge on any atom is 0.488 e. The summed E-state index contributed by atoms with van der Waals surface area (Å²) in [6, 6.07) is 4.94. The number of carbonyl (C=O) groups excluding carboxylic acids is 1. The van der Waals surface area contributed by atoms with Crippen LogP contribution in [0.5, 0.6) is 0 Å². The zero-order valence-electron chi connectivity index (χ0n) is 15.6. The number of carbonyl (C=O) groups is 1. The number of anilines is 1. The van der Waals surface area contributed by atoms with E-state index in [-0.39, 0.29) is 5.91 Å². The molecule has 0 radical (unpaired) electrons. The van der Waals surface area contributed by atoms with Gasteiger partial charge in [-0.15, -0.1) is 0 Å². The third-order valence-corrected chi connectivity index (χ3v) is 6.61. The van der Waals surface area contributed by atoms with Crippen molar-refractivity contribution in [1.82, 2.24) is 14.8 Å². The van der Waals surface area contributed by atoms with Crippen molar-refractivity contribution in [2.45, 2.75) is 38.5 Å². The van der Waals surface area contributed by atoms with Crippen molar-refractivity contribution in [2.75, 3.05) is 5.32 Å². The first kappa shape index (κ1) is 18.8. The van der Waals surface area contributed by atoms with E-state index in [9.17, 15) is 14.8 Å². The summed E-state index contributed by atoms with van der Waals surface area (Å²) < 4.78 is 1.85. The number of hydrogen-bond donors (Lipinski definition) is 3. The largest absolute Gasteiger partial charge is 0.488 e. The number of thiazole rings is 1. The van der Waals surface area contributed by atoms with E-state index in [0.717, 1.165) is 47.6 Å². The Bertz CT molecular complexity index is 1140. The second-order valence-electron chi connectivity index (χ2n) is 7.46. The molecule has 2 aliphatic rings. The van der Waals surface area contributed by atoms with Gasteiger partial charge in [-0.05, 0) is 43.3 Å². The number of amides is 1. The third-order valence-electron chi connectivity index (χ3n) is 5.28. The highest BCUT2D eigenvalue weighted by molar-refractivity contribution is 7.19. The summed E-state index contributed by atoms with van der Waals surface area (Å²) in [7, 11) is -1.58. The molecule has 0 saturated heterocycles. The van der Waals surface area contributed by atoms with Gasteiger partial charge in [0.2, 0.25) is 5.91 Å². The van der Waals surface area contributed by atoms with Crippen LogP contribution in [0.3, 0.4) is 0 Å². The van der Waals surface area contributed by atoms with Crippen LogP contribution in [-0.4, -0.2) is 37.8 Å². The molecule has 0 aliphatic heterocycles. The molecule has 3 N–H and O–H groups in total. The lowest BCUT2D eigenvalue weighted by Crippen LogP contribution is -2.29. The van der Waals surface area contributed by atoms with Crippen molar-refractivity contribution in [3.05, 3.63) is 40.2 Å². The van der Waals surface area contributed by atoms with E-state index >= 15 is 0 Å². The molecule has 0 unspecified atom stereocenters. The molecule has 1 aromatic carbocycles. The van der Waals surface area contributed by atoms with E-state index < -0.39 is 7.12 Å². The number of nitrogens with one attached hydrogen (secondary N) is 1. The molecule has 1 fully saturated rings. The van der Waals surface area contributed by atoms with E-state index in [1.165, 1.54) is 23.8 Å². The molecule has 148 valence electrons. The van der Waals surface area contributed by atoms with Crippen LogP contribution in [0.2, 0.25) is 5.02 Å². The fraction of sp³-hybridized carbons (Fsp3) is 0.316. The van der Waals surface area contributed by atoms with Crippen molar-refractivity contribution in [1.29, 1.82) is 0 Å². The molecular formula is C19H18BClN4O3S. The molecule has 3 aromatic rings. The van der Waals surface area contributed by atoms with E-state index in [0.29, 0.717) is 27.2 Å². The van der Waals surface area contributed by atoms with Gasteiger partial charge in [0.15, 0.2) is 5.13 Å². The van der Waals surface area contributed by atoms with Crippen molar-refractivity contribution >= 4 is 46.6 Å². The third kappa shape index (κ3) is 3.28. The summed E-state index contributed by atoms with van der Waals surface area (Å²) in [4.78, 5) is 17.1. The Hall–Kier alpha value is -2.20. The Morgan fingerprint density at radius 2 is 2.14 bits per heavy atom. The SMILES string of the molecule is CC(=O)Nc1nc2c(s1)-c1c(c(C3CC3)nn1-c1ccc(B(O)O)cc1Cl)CC2. The molecule has 7 nitrogen and oxygen atoms in total. The minimum atomic E-state index is -1.58. The fourth-order valence-corrected chi connectivity index (χ4v) is 5.20. The van der Waals surface area contributed by atoms with Gasteiger partial charge >= 0.3 is 7.12 Å². The van der Waals surface area contributed by atoms with E-state index in [4.69, 9.17) is 16.7 Å². The van der Waals surface area contributed by atoms with E-state index in [1.807, 2.05) is 4.68 Å². The number of fused-ring (bicyclic) bond motifs is 3. The Morgan fingerprint density at radius 1 is 1.34 bits per heavy atom. The molecule has 10 heteroatoms. The summed E-state index contributed by atoms with van der Waals surface area (Å²) in [5, 5.41) is 27.5. The predicted octanol–water partition coefficient (Wildman–Crippen LogP) is 2.26. The van der Waals surface area contributed by atoms with Crippen molar-refractivity contribution in [3.8, 4) is 16.3 Å². The standard InChI is InChI=1S/C19H18BClN4O3S/c1-9(26)22-19-23-14-6-5-12-16(10-2-3-10)24-25(17(12)18(14)29-19)15-7-4-11(20(27)28)8-13(15)21/h4,7-8,10,27-28H,2-3,5-6H2,1H3,(H,22,23,26). The van der Waals surface area contributed by atoms with Crippen LogP contribution >= 0.6 is 22.9 Å². The van der Waals surface area contributed by atoms with Gasteiger partial charge < -0.3 is 15.4 Å². The summed E-state index contributed by atoms with van der Waals surface area (Å²) in [6.07, 6.45) is 3.94. The second kappa shape index (κ2) is 6.95. The van der Waals surface area contributed by atoms with Crippen LogP contribution < -0.4 is 10.8 Å². The molecule has 0 bridgehead atoms. The van der Waals surface area contributed by atoms with Gasteiger partial charge in [0.25, 0.3) is 0 Å². The highest BCUT2D eigenvalue weighted by Gasteiger charge is 2.36. The average Bonchev–Trinajstić information content (AvgIpc) is 3.31. The quantitative estimate of drug-likeness (QED) is 0.554. The average molecular weight is 429 g/mol. The first-order valence-corrected chi connectivity index (χ1v) is 10.7. The van der Waals surface area contributed by atoms with Crippen molar-refractivity contribution in [3.63, 3.8) is 0 Å². The minimum absolute atomic E-state index is 0.148. The van der Waals surface area contributed by atoms with Gasteiger partial charge in [0.05, 0.1) is 32.7 Å². The molecule has 2 heterocycles. The van der Waals surface area contributed by atoms with Crippen LogP contribution in [-0.2, 0) is 17.6 Å². The maximum atomic E-state index is 11.5.